The first kappa shape index (κ1) is 16.2. The molecule has 6 nitrogen and oxygen atoms in total. The Morgan fingerprint density at radius 2 is 1.95 bits per heavy atom. The van der Waals surface area contributed by atoms with E-state index < -0.39 is 29.2 Å². The standard InChI is InChI=1S/C14H20O6/c1-3-11(15)19-8-9-20-12(16)10-6-4-5-7-14(10,2)13(17)18/h3,10H,1,4-9H2,2H3,(H,17,18). The molecule has 0 aromatic rings. The minimum absolute atomic E-state index is 0.0624. The third kappa shape index (κ3) is 3.82. The molecule has 0 aromatic heterocycles. The van der Waals surface area contributed by atoms with Crippen molar-refractivity contribution < 1.29 is 29.0 Å². The first-order chi connectivity index (χ1) is 9.41. The van der Waals surface area contributed by atoms with Gasteiger partial charge >= 0.3 is 17.9 Å². The van der Waals surface area contributed by atoms with Gasteiger partial charge in [-0.3, -0.25) is 9.59 Å². The zero-order chi connectivity index (χ0) is 15.2. The molecule has 20 heavy (non-hydrogen) atoms. The number of rotatable bonds is 6. The number of hydrogen-bond acceptors (Lipinski definition) is 5. The zero-order valence-corrected chi connectivity index (χ0v) is 11.6. The van der Waals surface area contributed by atoms with Crippen molar-refractivity contribution in [1.82, 2.24) is 0 Å². The summed E-state index contributed by atoms with van der Waals surface area (Å²) in [7, 11) is 0. The number of carbonyl (C=O) groups is 3. The quantitative estimate of drug-likeness (QED) is 0.452. The Morgan fingerprint density at radius 1 is 1.30 bits per heavy atom. The first-order valence-electron chi connectivity index (χ1n) is 6.61. The average Bonchev–Trinajstić information content (AvgIpc) is 2.43. The van der Waals surface area contributed by atoms with Gasteiger partial charge in [-0.15, -0.1) is 0 Å². The van der Waals surface area contributed by atoms with Crippen LogP contribution in [0, 0.1) is 11.3 Å². The van der Waals surface area contributed by atoms with Gasteiger partial charge in [-0.2, -0.15) is 0 Å². The highest BCUT2D eigenvalue weighted by Crippen LogP contribution is 2.41. The number of esters is 2. The van der Waals surface area contributed by atoms with Crippen molar-refractivity contribution in [2.45, 2.75) is 32.6 Å². The summed E-state index contributed by atoms with van der Waals surface area (Å²) >= 11 is 0. The van der Waals surface area contributed by atoms with Crippen LogP contribution in [-0.2, 0) is 23.9 Å². The molecule has 1 fully saturated rings. The van der Waals surface area contributed by atoms with Crippen LogP contribution >= 0.6 is 0 Å². The van der Waals surface area contributed by atoms with Gasteiger partial charge < -0.3 is 14.6 Å². The number of carboxylic acid groups (broad SMARTS) is 1. The average molecular weight is 284 g/mol. The molecule has 6 heteroatoms. The van der Waals surface area contributed by atoms with E-state index in [-0.39, 0.29) is 13.2 Å². The third-order valence-electron chi connectivity index (χ3n) is 3.72. The summed E-state index contributed by atoms with van der Waals surface area (Å²) in [6.45, 7) is 4.68. The fraction of sp³-hybridized carbons (Fsp3) is 0.643. The van der Waals surface area contributed by atoms with Gasteiger partial charge in [0.1, 0.15) is 13.2 Å². The minimum Gasteiger partial charge on any atom is -0.481 e. The first-order valence-corrected chi connectivity index (χ1v) is 6.61. The maximum absolute atomic E-state index is 12.0. The van der Waals surface area contributed by atoms with Gasteiger partial charge in [0.15, 0.2) is 0 Å². The van der Waals surface area contributed by atoms with E-state index in [9.17, 15) is 19.5 Å². The molecule has 0 radical (unpaired) electrons. The van der Waals surface area contributed by atoms with E-state index in [4.69, 9.17) is 4.74 Å². The van der Waals surface area contributed by atoms with E-state index in [0.29, 0.717) is 12.8 Å². The number of carbonyl (C=O) groups excluding carboxylic acids is 2. The molecule has 1 N–H and O–H groups in total. The summed E-state index contributed by atoms with van der Waals surface area (Å²) in [6.07, 6.45) is 3.60. The van der Waals surface area contributed by atoms with Gasteiger partial charge in [0.2, 0.25) is 0 Å². The lowest BCUT2D eigenvalue weighted by Crippen LogP contribution is -2.43. The predicted molar refractivity (Wildman–Crippen MR) is 69.8 cm³/mol. The smallest absolute Gasteiger partial charge is 0.330 e. The normalized spacial score (nSPS) is 25.6. The molecular formula is C14H20O6. The zero-order valence-electron chi connectivity index (χ0n) is 11.6. The molecule has 1 aliphatic rings. The Labute approximate surface area is 117 Å². The van der Waals surface area contributed by atoms with Gasteiger partial charge in [0.05, 0.1) is 11.3 Å². The SMILES string of the molecule is C=CC(=O)OCCOC(=O)C1CCCCC1(C)C(=O)O. The van der Waals surface area contributed by atoms with Crippen LogP contribution in [0.3, 0.4) is 0 Å². The van der Waals surface area contributed by atoms with Crippen LogP contribution in [0.25, 0.3) is 0 Å². The van der Waals surface area contributed by atoms with Crippen molar-refractivity contribution in [1.29, 1.82) is 0 Å². The summed E-state index contributed by atoms with van der Waals surface area (Å²) in [4.78, 5) is 34.1. The van der Waals surface area contributed by atoms with E-state index in [0.717, 1.165) is 18.9 Å². The number of ether oxygens (including phenoxy) is 2. The molecule has 2 unspecified atom stereocenters. The van der Waals surface area contributed by atoms with E-state index >= 15 is 0 Å². The van der Waals surface area contributed by atoms with Crippen LogP contribution < -0.4 is 0 Å². The molecule has 0 saturated heterocycles. The van der Waals surface area contributed by atoms with Crippen molar-refractivity contribution in [2.75, 3.05) is 13.2 Å². The Kier molecular flexibility index (Phi) is 5.73. The predicted octanol–water partition coefficient (Wildman–Crippen LogP) is 1.54. The van der Waals surface area contributed by atoms with Crippen LogP contribution in [0.15, 0.2) is 12.7 Å². The molecule has 1 saturated carbocycles. The molecule has 2 atom stereocenters. The Bertz CT molecular complexity index is 402. The van der Waals surface area contributed by atoms with Crippen molar-refractivity contribution in [3.05, 3.63) is 12.7 Å². The van der Waals surface area contributed by atoms with Crippen LogP contribution in [0.4, 0.5) is 0 Å². The number of hydrogen-bond donors (Lipinski definition) is 1. The summed E-state index contributed by atoms with van der Waals surface area (Å²) in [5.74, 6) is -2.75. The molecular weight excluding hydrogens is 264 g/mol. The van der Waals surface area contributed by atoms with Gasteiger partial charge in [-0.25, -0.2) is 4.79 Å². The molecule has 0 spiro atoms. The largest absolute Gasteiger partial charge is 0.481 e. The lowest BCUT2D eigenvalue weighted by molar-refractivity contribution is -0.169. The Hall–Kier alpha value is -1.85. The lowest BCUT2D eigenvalue weighted by Gasteiger charge is -2.36. The van der Waals surface area contributed by atoms with E-state index in [1.54, 1.807) is 6.92 Å². The summed E-state index contributed by atoms with van der Waals surface area (Å²) < 4.78 is 9.69. The van der Waals surface area contributed by atoms with E-state index in [1.807, 2.05) is 0 Å². The highest BCUT2D eigenvalue weighted by molar-refractivity contribution is 5.84. The van der Waals surface area contributed by atoms with Crippen molar-refractivity contribution >= 4 is 17.9 Å². The van der Waals surface area contributed by atoms with Crippen LogP contribution in [-0.4, -0.2) is 36.2 Å². The van der Waals surface area contributed by atoms with Crippen molar-refractivity contribution in [2.24, 2.45) is 11.3 Å². The fourth-order valence-corrected chi connectivity index (χ4v) is 2.41. The van der Waals surface area contributed by atoms with Crippen LogP contribution in [0.1, 0.15) is 32.6 Å². The number of carboxylic acids is 1. The molecule has 1 rings (SSSR count). The molecule has 0 amide bonds. The molecule has 0 bridgehead atoms. The van der Waals surface area contributed by atoms with Crippen LogP contribution in [0.2, 0.25) is 0 Å². The second-order valence-corrected chi connectivity index (χ2v) is 5.06. The monoisotopic (exact) mass is 284 g/mol. The summed E-state index contributed by atoms with van der Waals surface area (Å²) in [6, 6.07) is 0. The molecule has 0 aliphatic heterocycles. The number of aliphatic carboxylic acids is 1. The fourth-order valence-electron chi connectivity index (χ4n) is 2.41. The van der Waals surface area contributed by atoms with Crippen molar-refractivity contribution in [3.63, 3.8) is 0 Å². The lowest BCUT2D eigenvalue weighted by atomic mass is 9.67. The van der Waals surface area contributed by atoms with Gasteiger partial charge in [0.25, 0.3) is 0 Å². The highest BCUT2D eigenvalue weighted by atomic mass is 16.6. The van der Waals surface area contributed by atoms with Gasteiger partial charge in [-0.05, 0) is 19.8 Å². The summed E-state index contributed by atoms with van der Waals surface area (Å²) in [5, 5.41) is 9.30. The maximum atomic E-state index is 12.0. The van der Waals surface area contributed by atoms with Crippen LogP contribution in [0.5, 0.6) is 0 Å². The Balaban J connectivity index is 2.50. The van der Waals surface area contributed by atoms with Gasteiger partial charge in [0, 0.05) is 6.08 Å². The van der Waals surface area contributed by atoms with E-state index in [1.165, 1.54) is 0 Å². The highest BCUT2D eigenvalue weighted by Gasteiger charge is 2.47. The molecule has 112 valence electrons. The molecule has 0 heterocycles. The van der Waals surface area contributed by atoms with E-state index in [2.05, 4.69) is 11.3 Å². The minimum atomic E-state index is -1.08. The second-order valence-electron chi connectivity index (χ2n) is 5.06. The molecule has 1 aliphatic carbocycles. The Morgan fingerprint density at radius 3 is 2.55 bits per heavy atom. The molecule has 0 aromatic carbocycles. The third-order valence-corrected chi connectivity index (χ3v) is 3.72. The van der Waals surface area contributed by atoms with Crippen molar-refractivity contribution in [3.8, 4) is 0 Å². The summed E-state index contributed by atoms with van der Waals surface area (Å²) in [5.41, 5.74) is -1.08. The second kappa shape index (κ2) is 7.07. The van der Waals surface area contributed by atoms with Gasteiger partial charge in [-0.1, -0.05) is 19.4 Å². The topological polar surface area (TPSA) is 89.9 Å². The maximum Gasteiger partial charge on any atom is 0.330 e.